The van der Waals surface area contributed by atoms with Gasteiger partial charge in [0.1, 0.15) is 5.82 Å². The molecule has 5 nitrogen and oxygen atoms in total. The van der Waals surface area contributed by atoms with Crippen molar-refractivity contribution in [1.29, 1.82) is 0 Å². The number of hydrogen-bond acceptors (Lipinski definition) is 4. The number of aromatic nitrogens is 4. The zero-order chi connectivity index (χ0) is 14.2. The van der Waals surface area contributed by atoms with E-state index in [1.54, 1.807) is 6.20 Å². The summed E-state index contributed by atoms with van der Waals surface area (Å²) in [6, 6.07) is 4.05. The molecule has 0 unspecified atom stereocenters. The summed E-state index contributed by atoms with van der Waals surface area (Å²) in [5, 5.41) is 13.9. The lowest BCUT2D eigenvalue weighted by atomic mass is 10.2. The molecule has 0 bridgehead atoms. The Bertz CT molecular complexity index is 572. The highest BCUT2D eigenvalue weighted by molar-refractivity contribution is 5.34. The maximum Gasteiger partial charge on any atom is 0.435 e. The molecule has 1 N–H and O–H groups in total. The maximum absolute atomic E-state index is 12.4. The monoisotopic (exact) mass is 283 g/mol. The van der Waals surface area contributed by atoms with Crippen LogP contribution in [0.5, 0.6) is 0 Å². The minimum atomic E-state index is -4.46. The molecule has 1 saturated carbocycles. The molecule has 0 saturated heterocycles. The summed E-state index contributed by atoms with van der Waals surface area (Å²) in [5.41, 5.74) is -1.08. The average molecular weight is 283 g/mol. The zero-order valence-electron chi connectivity index (χ0n) is 10.4. The van der Waals surface area contributed by atoms with Crippen molar-refractivity contribution < 1.29 is 13.2 Å². The van der Waals surface area contributed by atoms with Crippen LogP contribution in [0.15, 0.2) is 30.6 Å². The third-order valence-electron chi connectivity index (χ3n) is 3.37. The Balaban J connectivity index is 1.65. The Morgan fingerprint density at radius 1 is 1.25 bits per heavy atom. The van der Waals surface area contributed by atoms with Crippen LogP contribution in [0.1, 0.15) is 18.5 Å². The lowest BCUT2D eigenvalue weighted by Crippen LogP contribution is -2.27. The predicted octanol–water partition coefficient (Wildman–Crippen LogP) is 2.29. The molecule has 1 aliphatic carbocycles. The molecular formula is C12H12F3N5. The first-order chi connectivity index (χ1) is 9.50. The van der Waals surface area contributed by atoms with Crippen LogP contribution in [0.4, 0.5) is 19.0 Å². The number of hydrogen-bond donors (Lipinski definition) is 1. The second-order valence-corrected chi connectivity index (χ2v) is 4.83. The topological polar surface area (TPSA) is 55.6 Å². The van der Waals surface area contributed by atoms with E-state index in [1.807, 2.05) is 16.9 Å². The summed E-state index contributed by atoms with van der Waals surface area (Å²) in [6.07, 6.45) is 1.09. The largest absolute Gasteiger partial charge is 0.435 e. The number of anilines is 1. The number of nitrogens with zero attached hydrogens (tertiary/aromatic N) is 4. The molecule has 20 heavy (non-hydrogen) atoms. The van der Waals surface area contributed by atoms with Crippen LogP contribution in [0.2, 0.25) is 0 Å². The van der Waals surface area contributed by atoms with Crippen LogP contribution < -0.4 is 5.32 Å². The molecule has 0 aromatic carbocycles. The molecule has 2 heterocycles. The van der Waals surface area contributed by atoms with Crippen molar-refractivity contribution in [2.45, 2.75) is 24.6 Å². The van der Waals surface area contributed by atoms with E-state index < -0.39 is 11.9 Å². The molecule has 2 aromatic rings. The highest BCUT2D eigenvalue weighted by atomic mass is 19.4. The molecule has 0 atom stereocenters. The first-order valence-electron chi connectivity index (χ1n) is 6.15. The maximum atomic E-state index is 12.4. The van der Waals surface area contributed by atoms with Gasteiger partial charge in [0.25, 0.3) is 0 Å². The molecule has 1 fully saturated rings. The lowest BCUT2D eigenvalue weighted by Gasteiger charge is -2.17. The smallest absolute Gasteiger partial charge is 0.366 e. The molecule has 2 aromatic heterocycles. The third-order valence-corrected chi connectivity index (χ3v) is 3.37. The molecule has 106 valence electrons. The van der Waals surface area contributed by atoms with Crippen LogP contribution in [0.25, 0.3) is 0 Å². The quantitative estimate of drug-likeness (QED) is 0.935. The lowest BCUT2D eigenvalue weighted by molar-refractivity contribution is -0.141. The highest BCUT2D eigenvalue weighted by Gasteiger charge is 2.45. The molecular weight excluding hydrogens is 271 g/mol. The Morgan fingerprint density at radius 3 is 2.55 bits per heavy atom. The molecule has 0 radical (unpaired) electrons. The molecule has 0 amide bonds. The average Bonchev–Trinajstić information content (AvgIpc) is 2.99. The van der Waals surface area contributed by atoms with Gasteiger partial charge in [0.05, 0.1) is 5.54 Å². The van der Waals surface area contributed by atoms with E-state index in [0.717, 1.165) is 18.9 Å². The fraction of sp³-hybridized carbons (Fsp3) is 0.417. The minimum Gasteiger partial charge on any atom is -0.366 e. The number of nitrogens with one attached hydrogen (secondary N) is 1. The van der Waals surface area contributed by atoms with Crippen molar-refractivity contribution in [3.05, 3.63) is 36.3 Å². The van der Waals surface area contributed by atoms with E-state index in [4.69, 9.17) is 0 Å². The normalized spacial score (nSPS) is 16.9. The van der Waals surface area contributed by atoms with Gasteiger partial charge in [-0.1, -0.05) is 0 Å². The van der Waals surface area contributed by atoms with Gasteiger partial charge in [-0.15, -0.1) is 10.2 Å². The Hall–Kier alpha value is -2.12. The highest BCUT2D eigenvalue weighted by Crippen LogP contribution is 2.42. The first-order valence-corrected chi connectivity index (χ1v) is 6.15. The molecule has 1 aliphatic rings. The van der Waals surface area contributed by atoms with E-state index in [2.05, 4.69) is 20.6 Å². The first kappa shape index (κ1) is 12.9. The Kier molecular flexibility index (Phi) is 2.88. The molecule has 0 aliphatic heterocycles. The SMILES string of the molecule is FC(F)(F)c1ccc(NCC2(n3cccn3)CC2)nn1. The van der Waals surface area contributed by atoms with Crippen LogP contribution >= 0.6 is 0 Å². The van der Waals surface area contributed by atoms with E-state index in [-0.39, 0.29) is 5.54 Å². The van der Waals surface area contributed by atoms with Gasteiger partial charge in [-0.25, -0.2) is 0 Å². The van der Waals surface area contributed by atoms with Crippen molar-refractivity contribution in [3.8, 4) is 0 Å². The van der Waals surface area contributed by atoms with E-state index >= 15 is 0 Å². The summed E-state index contributed by atoms with van der Waals surface area (Å²) >= 11 is 0. The number of alkyl halides is 3. The van der Waals surface area contributed by atoms with Gasteiger partial charge < -0.3 is 5.32 Å². The second-order valence-electron chi connectivity index (χ2n) is 4.83. The predicted molar refractivity (Wildman–Crippen MR) is 65.0 cm³/mol. The van der Waals surface area contributed by atoms with E-state index in [9.17, 15) is 13.2 Å². The number of rotatable bonds is 4. The van der Waals surface area contributed by atoms with Gasteiger partial charge in [-0.2, -0.15) is 18.3 Å². The van der Waals surface area contributed by atoms with Crippen molar-refractivity contribution in [2.24, 2.45) is 0 Å². The van der Waals surface area contributed by atoms with Gasteiger partial charge in [0, 0.05) is 18.9 Å². The van der Waals surface area contributed by atoms with Crippen molar-refractivity contribution in [2.75, 3.05) is 11.9 Å². The Morgan fingerprint density at radius 2 is 2.05 bits per heavy atom. The fourth-order valence-corrected chi connectivity index (χ4v) is 2.01. The molecule has 8 heteroatoms. The molecule has 3 rings (SSSR count). The van der Waals surface area contributed by atoms with Crippen LogP contribution in [0, 0.1) is 0 Å². The van der Waals surface area contributed by atoms with Crippen LogP contribution in [-0.4, -0.2) is 26.5 Å². The summed E-state index contributed by atoms with van der Waals surface area (Å²) in [6.45, 7) is 0.564. The summed E-state index contributed by atoms with van der Waals surface area (Å²) in [7, 11) is 0. The van der Waals surface area contributed by atoms with Gasteiger partial charge in [0.2, 0.25) is 0 Å². The Labute approximate surface area is 112 Å². The fourth-order valence-electron chi connectivity index (χ4n) is 2.01. The van der Waals surface area contributed by atoms with Crippen LogP contribution in [0.3, 0.4) is 0 Å². The van der Waals surface area contributed by atoms with Crippen molar-refractivity contribution in [1.82, 2.24) is 20.0 Å². The standard InChI is InChI=1S/C12H12F3N5/c13-12(14,15)9-2-3-10(19-18-9)16-8-11(4-5-11)20-7-1-6-17-20/h1-3,6-7H,4-5,8H2,(H,16,19). The second kappa shape index (κ2) is 4.46. The number of halogens is 3. The van der Waals surface area contributed by atoms with E-state index in [0.29, 0.717) is 12.4 Å². The molecule has 0 spiro atoms. The minimum absolute atomic E-state index is 0.0894. The summed E-state index contributed by atoms with van der Waals surface area (Å²) < 4.78 is 38.9. The third kappa shape index (κ3) is 2.45. The summed E-state index contributed by atoms with van der Waals surface area (Å²) in [5.74, 6) is 0.330. The van der Waals surface area contributed by atoms with Gasteiger partial charge >= 0.3 is 6.18 Å². The van der Waals surface area contributed by atoms with Crippen molar-refractivity contribution in [3.63, 3.8) is 0 Å². The van der Waals surface area contributed by atoms with E-state index in [1.165, 1.54) is 6.07 Å². The van der Waals surface area contributed by atoms with Gasteiger partial charge in [-0.05, 0) is 31.0 Å². The zero-order valence-corrected chi connectivity index (χ0v) is 10.4. The van der Waals surface area contributed by atoms with Gasteiger partial charge in [-0.3, -0.25) is 4.68 Å². The van der Waals surface area contributed by atoms with Gasteiger partial charge in [0.15, 0.2) is 5.69 Å². The van der Waals surface area contributed by atoms with Crippen molar-refractivity contribution >= 4 is 5.82 Å². The summed E-state index contributed by atoms with van der Waals surface area (Å²) in [4.78, 5) is 0. The van der Waals surface area contributed by atoms with Crippen LogP contribution in [-0.2, 0) is 11.7 Å².